The van der Waals surface area contributed by atoms with Gasteiger partial charge in [0.05, 0.1) is 16.8 Å². The molecule has 1 fully saturated rings. The van der Waals surface area contributed by atoms with Gasteiger partial charge in [0.25, 0.3) is 0 Å². The second kappa shape index (κ2) is 10.9. The average molecular weight is 440 g/mol. The van der Waals surface area contributed by atoms with Gasteiger partial charge >= 0.3 is 0 Å². The number of rotatable bonds is 6. The zero-order chi connectivity index (χ0) is 17.8. The molecule has 7 heteroatoms. The minimum atomic E-state index is 0. The zero-order valence-electron chi connectivity index (χ0n) is 15.7. The fourth-order valence-electron chi connectivity index (χ4n) is 3.58. The van der Waals surface area contributed by atoms with E-state index in [0.29, 0.717) is 12.5 Å². The summed E-state index contributed by atoms with van der Waals surface area (Å²) in [4.78, 5) is 7.19. The highest BCUT2D eigenvalue weighted by molar-refractivity contribution is 7.22. The summed E-state index contributed by atoms with van der Waals surface area (Å²) in [6.45, 7) is 2.76. The molecule has 0 saturated carbocycles. The number of piperidine rings is 1. The Morgan fingerprint density at radius 1 is 1.04 bits per heavy atom. The van der Waals surface area contributed by atoms with Gasteiger partial charge in [-0.15, -0.1) is 24.8 Å². The number of thiazole rings is 1. The van der Waals surface area contributed by atoms with Crippen LogP contribution in [0.4, 0.5) is 5.13 Å². The molecule has 152 valence electrons. The van der Waals surface area contributed by atoms with Crippen LogP contribution in [0.1, 0.15) is 19.3 Å². The lowest BCUT2D eigenvalue weighted by Crippen LogP contribution is -2.41. The van der Waals surface area contributed by atoms with Crippen molar-refractivity contribution in [3.63, 3.8) is 0 Å². The van der Waals surface area contributed by atoms with Crippen LogP contribution < -0.4 is 15.4 Å². The number of anilines is 1. The predicted octanol–water partition coefficient (Wildman–Crippen LogP) is 5.15. The summed E-state index contributed by atoms with van der Waals surface area (Å²) >= 11 is 1.79. The summed E-state index contributed by atoms with van der Waals surface area (Å²) in [6.07, 6.45) is 3.16. The lowest BCUT2D eigenvalue weighted by atomic mass is 9.88. The minimum Gasteiger partial charge on any atom is -0.494 e. The number of para-hydroxylation sites is 2. The molecule has 4 rings (SSSR count). The van der Waals surface area contributed by atoms with E-state index in [4.69, 9.17) is 15.5 Å². The van der Waals surface area contributed by atoms with E-state index in [2.05, 4.69) is 29.2 Å². The first-order chi connectivity index (χ1) is 12.8. The molecule has 0 bridgehead atoms. The largest absolute Gasteiger partial charge is 0.494 e. The highest BCUT2D eigenvalue weighted by atomic mass is 35.5. The van der Waals surface area contributed by atoms with Gasteiger partial charge in [-0.3, -0.25) is 0 Å². The topological polar surface area (TPSA) is 51.4 Å². The van der Waals surface area contributed by atoms with Crippen LogP contribution in [0.5, 0.6) is 5.75 Å². The molecule has 0 amide bonds. The number of aromatic nitrogens is 1. The van der Waals surface area contributed by atoms with E-state index in [9.17, 15) is 0 Å². The van der Waals surface area contributed by atoms with Crippen molar-refractivity contribution in [2.45, 2.75) is 25.3 Å². The highest BCUT2D eigenvalue weighted by Gasteiger charge is 2.25. The maximum absolute atomic E-state index is 6.45. The second-order valence-electron chi connectivity index (χ2n) is 6.90. The number of hydrogen-bond donors (Lipinski definition) is 1. The molecule has 1 aliphatic rings. The van der Waals surface area contributed by atoms with Gasteiger partial charge in [-0.05, 0) is 49.4 Å². The van der Waals surface area contributed by atoms with Crippen molar-refractivity contribution >= 4 is 51.5 Å². The minimum absolute atomic E-state index is 0. The molecule has 4 nitrogen and oxygen atoms in total. The van der Waals surface area contributed by atoms with Crippen LogP contribution in [-0.2, 0) is 0 Å². The summed E-state index contributed by atoms with van der Waals surface area (Å²) in [5.41, 5.74) is 7.55. The molecule has 2 N–H and O–H groups in total. The van der Waals surface area contributed by atoms with Gasteiger partial charge in [0.2, 0.25) is 0 Å². The normalized spacial score (nSPS) is 15.5. The van der Waals surface area contributed by atoms with Crippen LogP contribution >= 0.6 is 36.2 Å². The van der Waals surface area contributed by atoms with Crippen molar-refractivity contribution in [1.82, 2.24) is 4.98 Å². The van der Waals surface area contributed by atoms with Crippen molar-refractivity contribution in [2.24, 2.45) is 11.7 Å². The number of hydrogen-bond acceptors (Lipinski definition) is 5. The van der Waals surface area contributed by atoms with E-state index in [1.54, 1.807) is 11.3 Å². The Bertz CT molecular complexity index is 805. The molecule has 2 heterocycles. The molecule has 0 radical (unpaired) electrons. The summed E-state index contributed by atoms with van der Waals surface area (Å²) in [5, 5.41) is 1.14. The first-order valence-electron chi connectivity index (χ1n) is 9.33. The first kappa shape index (κ1) is 22.8. The Labute approximate surface area is 182 Å². The third kappa shape index (κ3) is 5.51. The molecule has 28 heavy (non-hydrogen) atoms. The second-order valence-corrected chi connectivity index (χ2v) is 7.91. The van der Waals surface area contributed by atoms with Crippen molar-refractivity contribution < 1.29 is 4.74 Å². The van der Waals surface area contributed by atoms with Gasteiger partial charge in [-0.25, -0.2) is 4.98 Å². The molecule has 0 spiro atoms. The fraction of sp³-hybridized carbons (Fsp3) is 0.381. The molecular weight excluding hydrogens is 413 g/mol. The summed E-state index contributed by atoms with van der Waals surface area (Å²) in [6, 6.07) is 18.5. The Morgan fingerprint density at radius 3 is 2.43 bits per heavy atom. The van der Waals surface area contributed by atoms with Crippen LogP contribution in [0.25, 0.3) is 10.2 Å². The summed E-state index contributed by atoms with van der Waals surface area (Å²) < 4.78 is 7.06. The third-order valence-corrected chi connectivity index (χ3v) is 6.26. The zero-order valence-corrected chi connectivity index (χ0v) is 18.1. The molecular formula is C21H27Cl2N3OS. The molecule has 1 saturated heterocycles. The van der Waals surface area contributed by atoms with Crippen molar-refractivity contribution in [3.05, 3.63) is 54.6 Å². The van der Waals surface area contributed by atoms with Crippen LogP contribution in [0.3, 0.4) is 0 Å². The van der Waals surface area contributed by atoms with E-state index < -0.39 is 0 Å². The Morgan fingerprint density at radius 2 is 1.71 bits per heavy atom. The molecule has 1 aromatic heterocycles. The number of halogens is 2. The van der Waals surface area contributed by atoms with Crippen molar-refractivity contribution in [3.8, 4) is 5.75 Å². The fourth-order valence-corrected chi connectivity index (χ4v) is 4.60. The average Bonchev–Trinajstić information content (AvgIpc) is 3.13. The van der Waals surface area contributed by atoms with Crippen molar-refractivity contribution in [2.75, 3.05) is 24.6 Å². The Hall–Kier alpha value is -1.53. The highest BCUT2D eigenvalue weighted by Crippen LogP contribution is 2.32. The van der Waals surface area contributed by atoms with E-state index >= 15 is 0 Å². The number of nitrogens with zero attached hydrogens (tertiary/aromatic N) is 2. The number of benzene rings is 2. The van der Waals surface area contributed by atoms with Crippen LogP contribution in [-0.4, -0.2) is 30.7 Å². The molecule has 1 aliphatic heterocycles. The number of fused-ring (bicyclic) bond motifs is 1. The molecule has 3 aromatic rings. The molecule has 0 aliphatic carbocycles. The van der Waals surface area contributed by atoms with Gasteiger partial charge in [0, 0.05) is 19.1 Å². The predicted molar refractivity (Wildman–Crippen MR) is 124 cm³/mol. The monoisotopic (exact) mass is 439 g/mol. The van der Waals surface area contributed by atoms with Gasteiger partial charge < -0.3 is 15.4 Å². The number of ether oxygens (including phenoxy) is 1. The summed E-state index contributed by atoms with van der Waals surface area (Å²) in [5.74, 6) is 1.49. The maximum Gasteiger partial charge on any atom is 0.186 e. The van der Waals surface area contributed by atoms with Gasteiger partial charge in [-0.2, -0.15) is 0 Å². The van der Waals surface area contributed by atoms with Gasteiger partial charge in [0.15, 0.2) is 5.13 Å². The lowest BCUT2D eigenvalue weighted by Gasteiger charge is -2.34. The first-order valence-corrected chi connectivity index (χ1v) is 10.2. The Balaban J connectivity index is 0.00000140. The molecule has 2 aromatic carbocycles. The van der Waals surface area contributed by atoms with Crippen LogP contribution in [0, 0.1) is 5.92 Å². The van der Waals surface area contributed by atoms with Crippen LogP contribution in [0.2, 0.25) is 0 Å². The van der Waals surface area contributed by atoms with Crippen molar-refractivity contribution in [1.29, 1.82) is 0 Å². The SMILES string of the molecule is Cl.Cl.NC(CCOc1ccccc1)C1CCN(c2nc3ccccc3s2)CC1. The van der Waals surface area contributed by atoms with E-state index in [-0.39, 0.29) is 30.9 Å². The third-order valence-electron chi connectivity index (χ3n) is 5.16. The van der Waals surface area contributed by atoms with Crippen LogP contribution in [0.15, 0.2) is 54.6 Å². The van der Waals surface area contributed by atoms with E-state index in [0.717, 1.165) is 48.7 Å². The quantitative estimate of drug-likeness (QED) is 0.576. The maximum atomic E-state index is 6.45. The summed E-state index contributed by atoms with van der Waals surface area (Å²) in [7, 11) is 0. The molecule has 1 atom stereocenters. The standard InChI is InChI=1S/C21H25N3OS.2ClH/c22-18(12-15-25-17-6-2-1-3-7-17)16-10-13-24(14-11-16)21-23-19-8-4-5-9-20(19)26-21;;/h1-9,16,18H,10-15,22H2;2*1H. The molecule has 1 unspecified atom stereocenters. The number of nitrogens with two attached hydrogens (primary N) is 1. The smallest absolute Gasteiger partial charge is 0.186 e. The van der Waals surface area contributed by atoms with Gasteiger partial charge in [-0.1, -0.05) is 41.7 Å². The Kier molecular flexibility index (Phi) is 8.83. The van der Waals surface area contributed by atoms with Gasteiger partial charge in [0.1, 0.15) is 5.75 Å². The van der Waals surface area contributed by atoms with E-state index in [1.165, 1.54) is 4.70 Å². The lowest BCUT2D eigenvalue weighted by molar-refractivity contribution is 0.255. The van der Waals surface area contributed by atoms with E-state index in [1.807, 2.05) is 30.3 Å².